The second-order valence-corrected chi connectivity index (χ2v) is 5.46. The van der Waals surface area contributed by atoms with Crippen molar-refractivity contribution in [1.29, 1.82) is 0 Å². The van der Waals surface area contributed by atoms with Gasteiger partial charge in [0, 0.05) is 0 Å². The molecule has 0 amide bonds. The first-order valence-electron chi connectivity index (χ1n) is 7.20. The molecule has 2 aromatic heterocycles. The highest BCUT2D eigenvalue weighted by Gasteiger charge is 2.20. The third kappa shape index (κ3) is 4.21. The van der Waals surface area contributed by atoms with E-state index in [-0.39, 0.29) is 40.3 Å². The molecule has 1 aromatic carbocycles. The molecule has 0 unspecified atom stereocenters. The zero-order chi connectivity index (χ0) is 19.4. The lowest BCUT2D eigenvalue weighted by molar-refractivity contribution is -0.136. The molecular weight excluding hydrogens is 387 g/mol. The van der Waals surface area contributed by atoms with Gasteiger partial charge in [-0.3, -0.25) is 15.5 Å². The number of carboxylic acid groups (broad SMARTS) is 1. The molecule has 0 fully saturated rings. The van der Waals surface area contributed by atoms with Crippen LogP contribution in [0.4, 0.5) is 10.1 Å². The standard InChI is InChI=1S/C13H10ClFN8O4/c14-7-3-6(1-2-8(7)15)16-13(18-26)12-9(19-27-20-12)5-23-10(4-11(24)25)17-21-22-23/h1-3,26H,4-5H2,(H,16,18)(H,24,25). The Balaban J connectivity index is 1.90. The second-order valence-electron chi connectivity index (χ2n) is 5.05. The van der Waals surface area contributed by atoms with Gasteiger partial charge in [-0.25, -0.2) is 18.7 Å². The maximum absolute atomic E-state index is 13.2. The Bertz CT molecular complexity index is 1000. The number of halogens is 2. The van der Waals surface area contributed by atoms with Crippen LogP contribution in [0.1, 0.15) is 17.2 Å². The third-order valence-electron chi connectivity index (χ3n) is 3.25. The van der Waals surface area contributed by atoms with E-state index >= 15 is 0 Å². The molecule has 140 valence electrons. The predicted molar refractivity (Wildman–Crippen MR) is 85.1 cm³/mol. The van der Waals surface area contributed by atoms with Crippen LogP contribution in [0, 0.1) is 5.82 Å². The highest BCUT2D eigenvalue weighted by Crippen LogP contribution is 2.22. The van der Waals surface area contributed by atoms with E-state index in [1.165, 1.54) is 16.8 Å². The SMILES string of the molecule is O=C(O)Cc1nnnn1Cc1nonc1C(=Nc1ccc(F)c(Cl)c1)NO. The first-order valence-corrected chi connectivity index (χ1v) is 7.58. The summed E-state index contributed by atoms with van der Waals surface area (Å²) in [6, 6.07) is 3.68. The molecule has 0 saturated heterocycles. The summed E-state index contributed by atoms with van der Waals surface area (Å²) in [4.78, 5) is 14.9. The van der Waals surface area contributed by atoms with E-state index in [0.29, 0.717) is 0 Å². The maximum atomic E-state index is 13.2. The van der Waals surface area contributed by atoms with Crippen molar-refractivity contribution in [2.75, 3.05) is 0 Å². The molecule has 3 rings (SSSR count). The quantitative estimate of drug-likeness (QED) is 0.305. The Morgan fingerprint density at radius 3 is 2.93 bits per heavy atom. The monoisotopic (exact) mass is 396 g/mol. The minimum absolute atomic E-state index is 0.00900. The van der Waals surface area contributed by atoms with Crippen LogP contribution < -0.4 is 5.48 Å². The van der Waals surface area contributed by atoms with Gasteiger partial charge in [-0.2, -0.15) is 0 Å². The number of benzene rings is 1. The average Bonchev–Trinajstić information content (AvgIpc) is 3.26. The minimum Gasteiger partial charge on any atom is -0.481 e. The Morgan fingerprint density at radius 2 is 2.22 bits per heavy atom. The van der Waals surface area contributed by atoms with Gasteiger partial charge in [0.05, 0.1) is 17.3 Å². The van der Waals surface area contributed by atoms with Gasteiger partial charge in [0.1, 0.15) is 17.9 Å². The average molecular weight is 397 g/mol. The van der Waals surface area contributed by atoms with Crippen LogP contribution in [-0.2, 0) is 17.8 Å². The highest BCUT2D eigenvalue weighted by molar-refractivity contribution is 6.31. The summed E-state index contributed by atoms with van der Waals surface area (Å²) in [5.41, 5.74) is 2.24. The molecule has 0 bridgehead atoms. The van der Waals surface area contributed by atoms with Gasteiger partial charge in [-0.1, -0.05) is 16.8 Å². The summed E-state index contributed by atoms with van der Waals surface area (Å²) in [5.74, 6) is -1.82. The summed E-state index contributed by atoms with van der Waals surface area (Å²) in [6.45, 7) is -0.0979. The Kier molecular flexibility index (Phi) is 5.33. The number of rotatable bonds is 6. The van der Waals surface area contributed by atoms with Crippen molar-refractivity contribution in [1.82, 2.24) is 36.0 Å². The Morgan fingerprint density at radius 1 is 1.41 bits per heavy atom. The first kappa shape index (κ1) is 18.3. The van der Waals surface area contributed by atoms with Gasteiger partial charge < -0.3 is 5.11 Å². The van der Waals surface area contributed by atoms with Crippen LogP contribution in [0.2, 0.25) is 5.02 Å². The lowest BCUT2D eigenvalue weighted by atomic mass is 10.2. The second kappa shape index (κ2) is 7.84. The number of aliphatic carboxylic acids is 1. The van der Waals surface area contributed by atoms with Crippen LogP contribution in [-0.4, -0.2) is 52.6 Å². The molecule has 0 aliphatic carbocycles. The molecule has 12 nitrogen and oxygen atoms in total. The van der Waals surface area contributed by atoms with Gasteiger partial charge >= 0.3 is 5.97 Å². The van der Waals surface area contributed by atoms with E-state index in [4.69, 9.17) is 16.7 Å². The van der Waals surface area contributed by atoms with Crippen LogP contribution in [0.5, 0.6) is 0 Å². The molecule has 3 aromatic rings. The molecule has 0 spiro atoms. The van der Waals surface area contributed by atoms with Crippen molar-refractivity contribution in [2.45, 2.75) is 13.0 Å². The summed E-state index contributed by atoms with van der Waals surface area (Å²) >= 11 is 5.70. The molecule has 2 heterocycles. The minimum atomic E-state index is -1.11. The number of nitrogens with one attached hydrogen (secondary N) is 1. The topological polar surface area (TPSA) is 164 Å². The van der Waals surface area contributed by atoms with E-state index in [9.17, 15) is 14.4 Å². The lowest BCUT2D eigenvalue weighted by Crippen LogP contribution is -2.23. The van der Waals surface area contributed by atoms with E-state index < -0.39 is 18.2 Å². The number of hydrogen-bond donors (Lipinski definition) is 3. The smallest absolute Gasteiger partial charge is 0.311 e. The van der Waals surface area contributed by atoms with E-state index in [1.807, 2.05) is 5.48 Å². The molecule has 14 heteroatoms. The van der Waals surface area contributed by atoms with Crippen molar-refractivity contribution in [3.8, 4) is 0 Å². The third-order valence-corrected chi connectivity index (χ3v) is 3.54. The maximum Gasteiger partial charge on any atom is 0.311 e. The molecule has 27 heavy (non-hydrogen) atoms. The summed E-state index contributed by atoms with van der Waals surface area (Å²) < 4.78 is 19.1. The van der Waals surface area contributed by atoms with Crippen LogP contribution in [0.3, 0.4) is 0 Å². The summed E-state index contributed by atoms with van der Waals surface area (Å²) in [7, 11) is 0. The fourth-order valence-corrected chi connectivity index (χ4v) is 2.23. The zero-order valence-corrected chi connectivity index (χ0v) is 14.0. The number of carboxylic acids is 1. The fraction of sp³-hybridized carbons (Fsp3) is 0.154. The summed E-state index contributed by atoms with van der Waals surface area (Å²) in [6.07, 6.45) is -0.402. The number of hydrogen-bond acceptors (Lipinski definition) is 9. The number of hydroxylamine groups is 1. The number of aromatic nitrogens is 6. The Labute approximate surface area is 154 Å². The lowest BCUT2D eigenvalue weighted by Gasteiger charge is -2.04. The predicted octanol–water partition coefficient (Wildman–Crippen LogP) is 0.581. The van der Waals surface area contributed by atoms with Crippen molar-refractivity contribution in [2.24, 2.45) is 4.99 Å². The van der Waals surface area contributed by atoms with E-state index in [1.54, 1.807) is 0 Å². The number of amidine groups is 1. The molecular formula is C13H10ClFN8O4. The van der Waals surface area contributed by atoms with Crippen LogP contribution in [0.15, 0.2) is 27.8 Å². The largest absolute Gasteiger partial charge is 0.481 e. The van der Waals surface area contributed by atoms with Crippen LogP contribution in [0.25, 0.3) is 0 Å². The molecule has 0 saturated carbocycles. The number of nitrogens with zero attached hydrogens (tertiary/aromatic N) is 7. The van der Waals surface area contributed by atoms with E-state index in [0.717, 1.165) is 6.07 Å². The van der Waals surface area contributed by atoms with Crippen molar-refractivity contribution < 1.29 is 24.1 Å². The molecule has 0 atom stereocenters. The number of tetrazole rings is 1. The number of aliphatic imine (C=N–C) groups is 1. The van der Waals surface area contributed by atoms with Gasteiger partial charge in [0.2, 0.25) is 0 Å². The molecule has 0 aliphatic rings. The van der Waals surface area contributed by atoms with Gasteiger partial charge in [-0.15, -0.1) is 5.10 Å². The van der Waals surface area contributed by atoms with Gasteiger partial charge in [0.15, 0.2) is 17.4 Å². The molecule has 3 N–H and O–H groups in total. The molecule has 0 aliphatic heterocycles. The molecule has 0 radical (unpaired) electrons. The fourth-order valence-electron chi connectivity index (χ4n) is 2.05. The zero-order valence-electron chi connectivity index (χ0n) is 13.2. The highest BCUT2D eigenvalue weighted by atomic mass is 35.5. The van der Waals surface area contributed by atoms with Crippen molar-refractivity contribution in [3.63, 3.8) is 0 Å². The summed E-state index contributed by atoms with van der Waals surface area (Å²) in [5, 5.41) is 36.1. The first-order chi connectivity index (χ1) is 13.0. The van der Waals surface area contributed by atoms with Crippen LogP contribution >= 0.6 is 11.6 Å². The van der Waals surface area contributed by atoms with Gasteiger partial charge in [0.25, 0.3) is 0 Å². The number of carbonyl (C=O) groups is 1. The van der Waals surface area contributed by atoms with Crippen molar-refractivity contribution >= 4 is 29.1 Å². The Hall–Kier alpha value is -3.45. The van der Waals surface area contributed by atoms with E-state index in [2.05, 4.69) is 35.5 Å². The van der Waals surface area contributed by atoms with Gasteiger partial charge in [-0.05, 0) is 33.8 Å². The van der Waals surface area contributed by atoms with Crippen molar-refractivity contribution in [3.05, 3.63) is 46.3 Å². The normalized spacial score (nSPS) is 11.6.